The summed E-state index contributed by atoms with van der Waals surface area (Å²) in [4.78, 5) is 12.6. The van der Waals surface area contributed by atoms with Gasteiger partial charge in [-0.2, -0.15) is 11.8 Å². The lowest BCUT2D eigenvalue weighted by atomic mass is 10.2. The quantitative estimate of drug-likeness (QED) is 0.533. The number of halogens is 1. The fourth-order valence-electron chi connectivity index (χ4n) is 2.87. The van der Waals surface area contributed by atoms with Crippen molar-refractivity contribution in [2.45, 2.75) is 25.6 Å². The van der Waals surface area contributed by atoms with Crippen molar-refractivity contribution in [3.8, 4) is 5.75 Å². The number of benzene rings is 2. The first-order valence-electron chi connectivity index (χ1n) is 9.37. The second kappa shape index (κ2) is 10.9. The number of hydrogen-bond acceptors (Lipinski definition) is 5. The predicted octanol–water partition coefficient (Wildman–Crippen LogP) is 3.86. The second-order valence-corrected chi connectivity index (χ2v) is 10.3. The molecule has 1 amide bonds. The Labute approximate surface area is 188 Å². The first-order chi connectivity index (χ1) is 14.1. The van der Waals surface area contributed by atoms with Gasteiger partial charge >= 0.3 is 0 Å². The molecule has 2 aromatic carbocycles. The van der Waals surface area contributed by atoms with Crippen molar-refractivity contribution in [1.29, 1.82) is 0 Å². The van der Waals surface area contributed by atoms with E-state index >= 15 is 0 Å². The van der Waals surface area contributed by atoms with Crippen LogP contribution in [0.5, 0.6) is 5.75 Å². The maximum absolute atomic E-state index is 12.6. The zero-order valence-corrected chi connectivity index (χ0v) is 19.9. The summed E-state index contributed by atoms with van der Waals surface area (Å²) in [5.41, 5.74) is 2.75. The first-order valence-corrected chi connectivity index (χ1v) is 12.8. The number of rotatable bonds is 10. The lowest BCUT2D eigenvalue weighted by Gasteiger charge is -2.28. The zero-order chi connectivity index (χ0) is 22.3. The van der Waals surface area contributed by atoms with Crippen LogP contribution in [0.15, 0.2) is 42.5 Å². The fraction of sp³-hybridized carbons (Fsp3) is 0.381. The molecule has 0 aromatic heterocycles. The van der Waals surface area contributed by atoms with E-state index in [0.717, 1.165) is 22.1 Å². The molecule has 1 atom stereocenters. The second-order valence-electron chi connectivity index (χ2n) is 6.88. The van der Waals surface area contributed by atoms with Crippen molar-refractivity contribution in [2.24, 2.45) is 0 Å². The van der Waals surface area contributed by atoms with Gasteiger partial charge in [-0.1, -0.05) is 41.4 Å². The number of nitrogens with zero attached hydrogens (tertiary/aromatic N) is 1. The van der Waals surface area contributed by atoms with E-state index in [9.17, 15) is 13.2 Å². The highest BCUT2D eigenvalue weighted by Crippen LogP contribution is 2.31. The van der Waals surface area contributed by atoms with Crippen LogP contribution in [0.3, 0.4) is 0 Å². The predicted molar refractivity (Wildman–Crippen MR) is 125 cm³/mol. The molecule has 0 bridgehead atoms. The standard InChI is InChI=1S/C21H27ClN2O4S2/c1-15-5-7-17(8-6-15)14-29-12-11-23-21(25)16(2)24(30(4,26)27)18-9-10-20(28-3)19(22)13-18/h5-10,13,16H,11-12,14H2,1-4H3,(H,23,25)/t16-/m1/s1. The van der Waals surface area contributed by atoms with Gasteiger partial charge in [0.05, 0.1) is 24.1 Å². The van der Waals surface area contributed by atoms with Gasteiger partial charge in [-0.05, 0) is 37.6 Å². The van der Waals surface area contributed by atoms with Crippen LogP contribution in [0.2, 0.25) is 5.02 Å². The van der Waals surface area contributed by atoms with Gasteiger partial charge in [0.1, 0.15) is 11.8 Å². The number of aryl methyl sites for hydroxylation is 1. The molecular formula is C21H27ClN2O4S2. The molecule has 6 nitrogen and oxygen atoms in total. The summed E-state index contributed by atoms with van der Waals surface area (Å²) in [6.07, 6.45) is 1.06. The SMILES string of the molecule is COc1ccc(N([C@H](C)C(=O)NCCSCc2ccc(C)cc2)S(C)(=O)=O)cc1Cl. The Kier molecular flexibility index (Phi) is 8.88. The monoisotopic (exact) mass is 470 g/mol. The highest BCUT2D eigenvalue weighted by molar-refractivity contribution is 7.98. The van der Waals surface area contributed by atoms with E-state index < -0.39 is 16.1 Å². The van der Waals surface area contributed by atoms with Gasteiger partial charge in [0.15, 0.2) is 0 Å². The first kappa shape index (κ1) is 24.4. The van der Waals surface area contributed by atoms with Crippen molar-refractivity contribution >= 4 is 45.0 Å². The van der Waals surface area contributed by atoms with Gasteiger partial charge in [0.25, 0.3) is 0 Å². The average Bonchev–Trinajstić information content (AvgIpc) is 2.68. The number of carbonyl (C=O) groups excluding carboxylic acids is 1. The molecule has 30 heavy (non-hydrogen) atoms. The summed E-state index contributed by atoms with van der Waals surface area (Å²) in [5.74, 6) is 1.63. The Morgan fingerprint density at radius 1 is 1.23 bits per heavy atom. The van der Waals surface area contributed by atoms with Crippen molar-refractivity contribution in [3.63, 3.8) is 0 Å². The van der Waals surface area contributed by atoms with Crippen LogP contribution in [-0.4, -0.2) is 46.0 Å². The molecule has 0 aliphatic heterocycles. The highest BCUT2D eigenvalue weighted by atomic mass is 35.5. The topological polar surface area (TPSA) is 75.7 Å². The van der Waals surface area contributed by atoms with E-state index in [2.05, 4.69) is 29.6 Å². The van der Waals surface area contributed by atoms with Gasteiger partial charge in [0.2, 0.25) is 15.9 Å². The summed E-state index contributed by atoms with van der Waals surface area (Å²) in [6.45, 7) is 4.04. The third-order valence-corrected chi connectivity index (χ3v) is 6.98. The minimum Gasteiger partial charge on any atom is -0.495 e. The molecule has 2 aromatic rings. The minimum atomic E-state index is -3.71. The molecule has 0 fully saturated rings. The number of amides is 1. The van der Waals surface area contributed by atoms with Crippen LogP contribution < -0.4 is 14.4 Å². The van der Waals surface area contributed by atoms with Crippen LogP contribution >= 0.6 is 23.4 Å². The maximum atomic E-state index is 12.6. The molecular weight excluding hydrogens is 444 g/mol. The summed E-state index contributed by atoms with van der Waals surface area (Å²) in [7, 11) is -2.23. The summed E-state index contributed by atoms with van der Waals surface area (Å²) < 4.78 is 30.9. The number of ether oxygens (including phenoxy) is 1. The molecule has 9 heteroatoms. The Bertz CT molecular complexity index is 965. The zero-order valence-electron chi connectivity index (χ0n) is 17.5. The number of carbonyl (C=O) groups is 1. The van der Waals surface area contributed by atoms with Crippen LogP contribution in [-0.2, 0) is 20.6 Å². The Hall–Kier alpha value is -1.90. The summed E-state index contributed by atoms with van der Waals surface area (Å²) in [5, 5.41) is 3.08. The Balaban J connectivity index is 1.95. The van der Waals surface area contributed by atoms with Crippen LogP contribution in [0.4, 0.5) is 5.69 Å². The average molecular weight is 471 g/mol. The van der Waals surface area contributed by atoms with E-state index in [1.54, 1.807) is 30.8 Å². The van der Waals surface area contributed by atoms with Crippen molar-refractivity contribution in [3.05, 3.63) is 58.6 Å². The molecule has 0 saturated carbocycles. The van der Waals surface area contributed by atoms with E-state index in [1.807, 2.05) is 6.92 Å². The molecule has 0 unspecified atom stereocenters. The molecule has 2 rings (SSSR count). The van der Waals surface area contributed by atoms with Crippen LogP contribution in [0, 0.1) is 6.92 Å². The van der Waals surface area contributed by atoms with Gasteiger partial charge < -0.3 is 10.1 Å². The number of methoxy groups -OCH3 is 1. The largest absolute Gasteiger partial charge is 0.495 e. The van der Waals surface area contributed by atoms with E-state index in [4.69, 9.17) is 16.3 Å². The van der Waals surface area contributed by atoms with Crippen molar-refractivity contribution < 1.29 is 17.9 Å². The van der Waals surface area contributed by atoms with Crippen LogP contribution in [0.1, 0.15) is 18.1 Å². The molecule has 164 valence electrons. The molecule has 0 radical (unpaired) electrons. The number of thioether (sulfide) groups is 1. The van der Waals surface area contributed by atoms with Gasteiger partial charge in [-0.3, -0.25) is 9.10 Å². The Morgan fingerprint density at radius 2 is 1.90 bits per heavy atom. The van der Waals surface area contributed by atoms with E-state index in [0.29, 0.717) is 18.0 Å². The molecule has 0 spiro atoms. The Morgan fingerprint density at radius 3 is 2.47 bits per heavy atom. The molecule has 0 heterocycles. The number of hydrogen-bond donors (Lipinski definition) is 1. The molecule has 1 N–H and O–H groups in total. The van der Waals surface area contributed by atoms with Crippen LogP contribution in [0.25, 0.3) is 0 Å². The van der Waals surface area contributed by atoms with E-state index in [-0.39, 0.29) is 10.9 Å². The lowest BCUT2D eigenvalue weighted by Crippen LogP contribution is -2.48. The summed E-state index contributed by atoms with van der Waals surface area (Å²) in [6, 6.07) is 12.0. The number of nitrogens with one attached hydrogen (secondary N) is 1. The number of sulfonamides is 1. The maximum Gasteiger partial charge on any atom is 0.243 e. The molecule has 0 saturated heterocycles. The van der Waals surface area contributed by atoms with Gasteiger partial charge in [-0.25, -0.2) is 8.42 Å². The number of anilines is 1. The van der Waals surface area contributed by atoms with Gasteiger partial charge in [-0.15, -0.1) is 0 Å². The normalized spacial score (nSPS) is 12.3. The molecule has 0 aliphatic carbocycles. The minimum absolute atomic E-state index is 0.267. The molecule has 0 aliphatic rings. The highest BCUT2D eigenvalue weighted by Gasteiger charge is 2.29. The summed E-state index contributed by atoms with van der Waals surface area (Å²) >= 11 is 7.84. The van der Waals surface area contributed by atoms with Crippen molar-refractivity contribution in [1.82, 2.24) is 5.32 Å². The van der Waals surface area contributed by atoms with Crippen molar-refractivity contribution in [2.75, 3.05) is 30.0 Å². The fourth-order valence-corrected chi connectivity index (χ4v) is 5.11. The third-order valence-electron chi connectivity index (χ3n) is 4.41. The van der Waals surface area contributed by atoms with Gasteiger partial charge in [0, 0.05) is 18.1 Å². The lowest BCUT2D eigenvalue weighted by molar-refractivity contribution is -0.121. The van der Waals surface area contributed by atoms with E-state index in [1.165, 1.54) is 24.3 Å². The smallest absolute Gasteiger partial charge is 0.243 e. The third kappa shape index (κ3) is 6.82.